The Labute approximate surface area is 44.8 Å². The summed E-state index contributed by atoms with van der Waals surface area (Å²) in [6, 6.07) is 1.75. The van der Waals surface area contributed by atoms with Crippen molar-refractivity contribution in [2.75, 3.05) is 0 Å². The van der Waals surface area contributed by atoms with Crippen LogP contribution in [0.4, 0.5) is 0 Å². The van der Waals surface area contributed by atoms with Gasteiger partial charge in [-0.25, -0.2) is 0 Å². The maximum Gasteiger partial charge on any atom is 0.116 e. The van der Waals surface area contributed by atoms with Crippen molar-refractivity contribution >= 4 is 6.29 Å². The van der Waals surface area contributed by atoms with E-state index in [-0.39, 0.29) is 7.43 Å². The molecule has 2 nitrogen and oxygen atoms in total. The topological polar surface area (TPSA) is 40.9 Å². The van der Waals surface area contributed by atoms with Gasteiger partial charge in [0.1, 0.15) is 6.29 Å². The van der Waals surface area contributed by atoms with E-state index in [9.17, 15) is 0 Å². The van der Waals surface area contributed by atoms with Crippen LogP contribution in [0.2, 0.25) is 0 Å². The molecule has 0 fully saturated rings. The lowest BCUT2D eigenvalue weighted by molar-refractivity contribution is -0.106. The van der Waals surface area contributed by atoms with Crippen LogP contribution in [0, 0.1) is 11.3 Å². The van der Waals surface area contributed by atoms with Gasteiger partial charge in [0.25, 0.3) is 0 Å². The zero-order chi connectivity index (χ0) is 5.41. The number of hydrogen-bond donors (Lipinski definition) is 0. The Morgan fingerprint density at radius 1 is 1.71 bits per heavy atom. The first-order valence-corrected chi connectivity index (χ1v) is 1.54. The van der Waals surface area contributed by atoms with Crippen LogP contribution in [0.5, 0.6) is 0 Å². The summed E-state index contributed by atoms with van der Waals surface area (Å²) in [6.07, 6.45) is 0.750. The Balaban J connectivity index is -0.0000000400. The van der Waals surface area contributed by atoms with Gasteiger partial charge in [-0.3, -0.25) is 0 Å². The van der Waals surface area contributed by atoms with Crippen LogP contribution in [-0.2, 0) is 4.79 Å². The summed E-state index contributed by atoms with van der Waals surface area (Å²) in [5.74, 6) is 0. The molecule has 0 aliphatic rings. The van der Waals surface area contributed by atoms with Gasteiger partial charge in [0.2, 0.25) is 0 Å². The van der Waals surface area contributed by atoms with Gasteiger partial charge < -0.3 is 4.79 Å². The average molecular weight is 101 g/mol. The van der Waals surface area contributed by atoms with Crippen molar-refractivity contribution in [3.05, 3.63) is 0 Å². The van der Waals surface area contributed by atoms with Crippen molar-refractivity contribution in [1.29, 1.82) is 5.26 Å². The van der Waals surface area contributed by atoms with E-state index in [1.165, 1.54) is 13.8 Å². The fourth-order valence-corrected chi connectivity index (χ4v) is 0. The fraction of sp³-hybridized carbons (Fsp3) is 0.600. The summed E-state index contributed by atoms with van der Waals surface area (Å²) in [5.41, 5.74) is 0. The molecule has 0 heterocycles. The largest absolute Gasteiger partial charge is 0.304 e. The summed E-state index contributed by atoms with van der Waals surface area (Å²) in [7, 11) is 0. The molecule has 0 saturated heterocycles. The molecule has 0 atom stereocenters. The molecule has 0 aliphatic heterocycles. The summed E-state index contributed by atoms with van der Waals surface area (Å²) < 4.78 is 0. The Kier molecular flexibility index (Phi) is 156. The zero-order valence-electron chi connectivity index (χ0n) is 3.93. The molecule has 0 rings (SSSR count). The van der Waals surface area contributed by atoms with Gasteiger partial charge in [-0.05, 0) is 6.92 Å². The molecule has 0 saturated carbocycles. The van der Waals surface area contributed by atoms with Crippen LogP contribution in [0.25, 0.3) is 0 Å². The molecule has 0 aromatic rings. The van der Waals surface area contributed by atoms with Crippen LogP contribution in [0.1, 0.15) is 21.3 Å². The van der Waals surface area contributed by atoms with Crippen LogP contribution >= 0.6 is 0 Å². The molecule has 0 aromatic carbocycles. The highest BCUT2D eigenvalue weighted by molar-refractivity contribution is 5.44. The third-order valence-electron chi connectivity index (χ3n) is 0. The second-order valence-electron chi connectivity index (χ2n) is 0.459. The number of aldehydes is 1. The number of hydrogen-bond acceptors (Lipinski definition) is 2. The third-order valence-corrected chi connectivity index (χ3v) is 0. The Hall–Kier alpha value is -0.840. The molecule has 0 spiro atoms. The SMILES string of the molecule is C.CC#N.CC=O. The molecule has 42 valence electrons. The molecule has 0 unspecified atom stereocenters. The van der Waals surface area contributed by atoms with Gasteiger partial charge in [0, 0.05) is 6.92 Å². The van der Waals surface area contributed by atoms with Gasteiger partial charge >= 0.3 is 0 Å². The van der Waals surface area contributed by atoms with Gasteiger partial charge in [-0.1, -0.05) is 7.43 Å². The Morgan fingerprint density at radius 2 is 1.71 bits per heavy atom. The minimum atomic E-state index is 0. The number of carbonyl (C=O) groups is 1. The fourth-order valence-electron chi connectivity index (χ4n) is 0. The average Bonchev–Trinajstić information content (AvgIpc) is 1.39. The maximum atomic E-state index is 8.81. The lowest BCUT2D eigenvalue weighted by Gasteiger charge is -1.23. The highest BCUT2D eigenvalue weighted by atomic mass is 16.1. The second kappa shape index (κ2) is 66.4. The molecular weight excluding hydrogens is 90.1 g/mol. The normalized spacial score (nSPS) is 3.00. The molecule has 0 radical (unpaired) electrons. The highest BCUT2D eigenvalue weighted by Gasteiger charge is 1.24. The van der Waals surface area contributed by atoms with Gasteiger partial charge in [-0.15, -0.1) is 0 Å². The molecule has 2 heteroatoms. The monoisotopic (exact) mass is 101 g/mol. The van der Waals surface area contributed by atoms with E-state index in [0.29, 0.717) is 0 Å². The summed E-state index contributed by atoms with van der Waals surface area (Å²) in [4.78, 5) is 8.81. The standard InChI is InChI=1S/C2H3N.C2H4O.CH4/c2*1-2-3;/h1H3;2H,1H3;1H4. The lowest BCUT2D eigenvalue weighted by atomic mass is 11.0. The van der Waals surface area contributed by atoms with E-state index in [1.807, 2.05) is 0 Å². The number of nitrogens with zero attached hydrogens (tertiary/aromatic N) is 1. The lowest BCUT2D eigenvalue weighted by Crippen LogP contribution is -1.36. The molecule has 0 N–H and O–H groups in total. The minimum Gasteiger partial charge on any atom is -0.304 e. The number of rotatable bonds is 0. The van der Waals surface area contributed by atoms with Crippen molar-refractivity contribution in [1.82, 2.24) is 0 Å². The Morgan fingerprint density at radius 3 is 1.71 bits per heavy atom. The third kappa shape index (κ3) is 73.0. The van der Waals surface area contributed by atoms with Gasteiger partial charge in [0.15, 0.2) is 0 Å². The maximum absolute atomic E-state index is 8.81. The highest BCUT2D eigenvalue weighted by Crippen LogP contribution is 1.21. The van der Waals surface area contributed by atoms with E-state index in [4.69, 9.17) is 10.1 Å². The zero-order valence-corrected chi connectivity index (χ0v) is 3.93. The van der Waals surface area contributed by atoms with Crippen molar-refractivity contribution in [2.24, 2.45) is 0 Å². The predicted octanol–water partition coefficient (Wildman–Crippen LogP) is 1.37. The van der Waals surface area contributed by atoms with Crippen molar-refractivity contribution in [3.8, 4) is 6.07 Å². The molecule has 0 aromatic heterocycles. The Bertz CT molecular complexity index is 53.6. The van der Waals surface area contributed by atoms with Crippen molar-refractivity contribution in [3.63, 3.8) is 0 Å². The smallest absolute Gasteiger partial charge is 0.116 e. The summed E-state index contributed by atoms with van der Waals surface area (Å²) in [6.45, 7) is 2.88. The van der Waals surface area contributed by atoms with E-state index >= 15 is 0 Å². The van der Waals surface area contributed by atoms with Crippen LogP contribution in [0.15, 0.2) is 0 Å². The molecule has 0 aliphatic carbocycles. The van der Waals surface area contributed by atoms with Gasteiger partial charge in [-0.2, -0.15) is 5.26 Å². The summed E-state index contributed by atoms with van der Waals surface area (Å²) >= 11 is 0. The molecule has 0 bridgehead atoms. The molecular formula is C5H11NO. The number of carbonyl (C=O) groups excluding carboxylic acids is 1. The van der Waals surface area contributed by atoms with E-state index in [1.54, 1.807) is 6.07 Å². The van der Waals surface area contributed by atoms with Gasteiger partial charge in [0.05, 0.1) is 6.07 Å². The van der Waals surface area contributed by atoms with E-state index in [2.05, 4.69) is 0 Å². The van der Waals surface area contributed by atoms with Crippen LogP contribution < -0.4 is 0 Å². The predicted molar refractivity (Wildman–Crippen MR) is 29.8 cm³/mol. The summed E-state index contributed by atoms with van der Waals surface area (Å²) in [5, 5.41) is 7.32. The van der Waals surface area contributed by atoms with Crippen molar-refractivity contribution < 1.29 is 4.79 Å². The number of nitriles is 1. The molecule has 0 amide bonds. The second-order valence-corrected chi connectivity index (χ2v) is 0.459. The molecule has 7 heavy (non-hydrogen) atoms. The van der Waals surface area contributed by atoms with E-state index < -0.39 is 0 Å². The van der Waals surface area contributed by atoms with Crippen molar-refractivity contribution in [2.45, 2.75) is 21.3 Å². The minimum absolute atomic E-state index is 0. The first-order valence-electron chi connectivity index (χ1n) is 1.54. The first-order chi connectivity index (χ1) is 2.83. The van der Waals surface area contributed by atoms with E-state index in [0.717, 1.165) is 6.29 Å². The van der Waals surface area contributed by atoms with Crippen LogP contribution in [-0.4, -0.2) is 6.29 Å². The van der Waals surface area contributed by atoms with Crippen LogP contribution in [0.3, 0.4) is 0 Å². The first kappa shape index (κ1) is 16.4. The quantitative estimate of drug-likeness (QED) is 0.432.